The molecule has 1 atom stereocenters. The lowest BCUT2D eigenvalue weighted by atomic mass is 9.93. The molecule has 4 rings (SSSR count). The van der Waals surface area contributed by atoms with Crippen molar-refractivity contribution >= 4 is 29.2 Å². The number of carbonyl (C=O) groups excluding carboxylic acids is 2. The molecule has 0 unspecified atom stereocenters. The maximum absolute atomic E-state index is 13.6. The maximum atomic E-state index is 13.6. The van der Waals surface area contributed by atoms with Crippen LogP contribution in [0.4, 0.5) is 0 Å². The molecular formula is C30H28N2O2S. The van der Waals surface area contributed by atoms with Gasteiger partial charge in [0, 0.05) is 10.4 Å². The third-order valence-electron chi connectivity index (χ3n) is 5.78. The van der Waals surface area contributed by atoms with E-state index >= 15 is 0 Å². The number of aryl methyl sites for hydroxylation is 3. The van der Waals surface area contributed by atoms with Crippen LogP contribution in [0.15, 0.2) is 96.0 Å². The first kappa shape index (κ1) is 24.2. The Morgan fingerprint density at radius 2 is 1.54 bits per heavy atom. The minimum Gasteiger partial charge on any atom is -0.340 e. The highest BCUT2D eigenvalue weighted by atomic mass is 32.1. The SMILES string of the molecule is Cc1ccc(C(=O)N/C(=C\c2cccs2)C(=O)N[C@@H](c2ccccc2)c2ccc(C)cc2C)cc1. The van der Waals surface area contributed by atoms with E-state index in [0.717, 1.165) is 32.7 Å². The monoisotopic (exact) mass is 480 g/mol. The number of benzene rings is 3. The van der Waals surface area contributed by atoms with E-state index in [4.69, 9.17) is 0 Å². The van der Waals surface area contributed by atoms with E-state index in [9.17, 15) is 9.59 Å². The fourth-order valence-corrected chi connectivity index (χ4v) is 4.58. The summed E-state index contributed by atoms with van der Waals surface area (Å²) in [5.74, 6) is -0.682. The summed E-state index contributed by atoms with van der Waals surface area (Å²) in [5.41, 5.74) is 5.98. The van der Waals surface area contributed by atoms with Crippen LogP contribution in [0.3, 0.4) is 0 Å². The van der Waals surface area contributed by atoms with Crippen molar-refractivity contribution in [2.75, 3.05) is 0 Å². The van der Waals surface area contributed by atoms with Crippen molar-refractivity contribution in [3.63, 3.8) is 0 Å². The van der Waals surface area contributed by atoms with Gasteiger partial charge in [0.25, 0.3) is 11.8 Å². The molecule has 0 aliphatic rings. The van der Waals surface area contributed by atoms with Gasteiger partial charge in [-0.15, -0.1) is 11.3 Å². The van der Waals surface area contributed by atoms with E-state index in [2.05, 4.69) is 29.7 Å². The smallest absolute Gasteiger partial charge is 0.268 e. The summed E-state index contributed by atoms with van der Waals surface area (Å²) in [4.78, 5) is 27.5. The molecule has 2 N–H and O–H groups in total. The molecular weight excluding hydrogens is 452 g/mol. The first-order valence-electron chi connectivity index (χ1n) is 11.5. The van der Waals surface area contributed by atoms with Gasteiger partial charge < -0.3 is 10.6 Å². The highest BCUT2D eigenvalue weighted by Crippen LogP contribution is 2.26. The topological polar surface area (TPSA) is 58.2 Å². The second kappa shape index (κ2) is 11.0. The van der Waals surface area contributed by atoms with E-state index in [-0.39, 0.29) is 23.6 Å². The zero-order chi connectivity index (χ0) is 24.8. The van der Waals surface area contributed by atoms with Crippen LogP contribution in [-0.4, -0.2) is 11.8 Å². The van der Waals surface area contributed by atoms with E-state index in [1.165, 1.54) is 11.3 Å². The molecule has 1 aromatic heterocycles. The van der Waals surface area contributed by atoms with Gasteiger partial charge in [0.1, 0.15) is 5.70 Å². The van der Waals surface area contributed by atoms with Gasteiger partial charge in [0.15, 0.2) is 0 Å². The Morgan fingerprint density at radius 3 is 2.20 bits per heavy atom. The highest BCUT2D eigenvalue weighted by Gasteiger charge is 2.22. The Bertz CT molecular complexity index is 1340. The maximum Gasteiger partial charge on any atom is 0.268 e. The Morgan fingerprint density at radius 1 is 0.829 bits per heavy atom. The average Bonchev–Trinajstić information content (AvgIpc) is 3.36. The molecule has 0 spiro atoms. The van der Waals surface area contributed by atoms with Crippen molar-refractivity contribution in [2.45, 2.75) is 26.8 Å². The van der Waals surface area contributed by atoms with Crippen molar-refractivity contribution in [3.8, 4) is 0 Å². The Hall–Kier alpha value is -3.96. The second-order valence-corrected chi connectivity index (χ2v) is 9.55. The fourth-order valence-electron chi connectivity index (χ4n) is 3.92. The van der Waals surface area contributed by atoms with Gasteiger partial charge >= 0.3 is 0 Å². The minimum absolute atomic E-state index is 0.198. The molecule has 5 heteroatoms. The van der Waals surface area contributed by atoms with Crippen molar-refractivity contribution in [2.24, 2.45) is 0 Å². The zero-order valence-electron chi connectivity index (χ0n) is 20.0. The summed E-state index contributed by atoms with van der Waals surface area (Å²) in [6.07, 6.45) is 1.72. The van der Waals surface area contributed by atoms with Crippen LogP contribution in [-0.2, 0) is 4.79 Å². The van der Waals surface area contributed by atoms with Gasteiger partial charge in [0.05, 0.1) is 6.04 Å². The lowest BCUT2D eigenvalue weighted by Crippen LogP contribution is -2.37. The van der Waals surface area contributed by atoms with Crippen LogP contribution < -0.4 is 10.6 Å². The number of hydrogen-bond acceptors (Lipinski definition) is 3. The van der Waals surface area contributed by atoms with Crippen molar-refractivity contribution in [3.05, 3.63) is 134 Å². The van der Waals surface area contributed by atoms with Crippen LogP contribution >= 0.6 is 11.3 Å². The summed E-state index contributed by atoms with van der Waals surface area (Å²) in [6, 6.07) is 26.8. The number of hydrogen-bond donors (Lipinski definition) is 2. The molecule has 3 aromatic carbocycles. The third-order valence-corrected chi connectivity index (χ3v) is 6.60. The summed E-state index contributed by atoms with van der Waals surface area (Å²) in [7, 11) is 0. The molecule has 35 heavy (non-hydrogen) atoms. The van der Waals surface area contributed by atoms with Crippen LogP contribution in [0.25, 0.3) is 6.08 Å². The van der Waals surface area contributed by atoms with E-state index in [0.29, 0.717) is 5.56 Å². The first-order chi connectivity index (χ1) is 16.9. The standard InChI is InChI=1S/C30H28N2O2S/c1-20-11-14-24(15-12-20)29(33)31-27(19-25-10-7-17-35-25)30(34)32-28(23-8-5-4-6-9-23)26-16-13-21(2)18-22(26)3/h4-19,28H,1-3H3,(H,31,33)(H,32,34)/b27-19-/t28-/m0/s1. The first-order valence-corrected chi connectivity index (χ1v) is 12.3. The Labute approximate surface area is 210 Å². The van der Waals surface area contributed by atoms with Crippen LogP contribution in [0.1, 0.15) is 49.1 Å². The summed E-state index contributed by atoms with van der Waals surface area (Å²) >= 11 is 1.50. The molecule has 2 amide bonds. The molecule has 0 saturated carbocycles. The summed E-state index contributed by atoms with van der Waals surface area (Å²) in [6.45, 7) is 6.06. The number of carbonyl (C=O) groups is 2. The number of thiophene rings is 1. The van der Waals surface area contributed by atoms with Crippen molar-refractivity contribution in [1.82, 2.24) is 10.6 Å². The van der Waals surface area contributed by atoms with Gasteiger partial charge in [0.2, 0.25) is 0 Å². The molecule has 176 valence electrons. The zero-order valence-corrected chi connectivity index (χ0v) is 20.9. The second-order valence-electron chi connectivity index (χ2n) is 8.57. The van der Waals surface area contributed by atoms with Crippen LogP contribution in [0, 0.1) is 20.8 Å². The molecule has 0 saturated heterocycles. The third kappa shape index (κ3) is 6.14. The molecule has 0 fully saturated rings. The van der Waals surface area contributed by atoms with Gasteiger partial charge in [-0.1, -0.05) is 77.9 Å². The van der Waals surface area contributed by atoms with E-state index in [1.54, 1.807) is 18.2 Å². The van der Waals surface area contributed by atoms with Crippen LogP contribution in [0.2, 0.25) is 0 Å². The number of nitrogens with one attached hydrogen (secondary N) is 2. The highest BCUT2D eigenvalue weighted by molar-refractivity contribution is 7.10. The van der Waals surface area contributed by atoms with E-state index < -0.39 is 0 Å². The number of amides is 2. The normalized spacial score (nSPS) is 12.1. The van der Waals surface area contributed by atoms with Gasteiger partial charge in [-0.05, 0) is 67.1 Å². The van der Waals surface area contributed by atoms with Crippen LogP contribution in [0.5, 0.6) is 0 Å². The summed E-state index contributed by atoms with van der Waals surface area (Å²) in [5, 5.41) is 7.95. The molecule has 0 radical (unpaired) electrons. The average molecular weight is 481 g/mol. The molecule has 4 nitrogen and oxygen atoms in total. The predicted octanol–water partition coefficient (Wildman–Crippen LogP) is 6.35. The summed E-state index contributed by atoms with van der Waals surface area (Å²) < 4.78 is 0. The largest absolute Gasteiger partial charge is 0.340 e. The van der Waals surface area contributed by atoms with Crippen molar-refractivity contribution < 1.29 is 9.59 Å². The molecule has 4 aromatic rings. The minimum atomic E-state index is -0.368. The molecule has 1 heterocycles. The van der Waals surface area contributed by atoms with Gasteiger partial charge in [-0.2, -0.15) is 0 Å². The Balaban J connectivity index is 1.67. The quantitative estimate of drug-likeness (QED) is 0.303. The van der Waals surface area contributed by atoms with E-state index in [1.807, 2.05) is 79.9 Å². The van der Waals surface area contributed by atoms with Crippen molar-refractivity contribution in [1.29, 1.82) is 0 Å². The molecule has 0 aliphatic carbocycles. The molecule has 0 bridgehead atoms. The molecule has 0 aliphatic heterocycles. The van der Waals surface area contributed by atoms with Gasteiger partial charge in [-0.3, -0.25) is 9.59 Å². The lowest BCUT2D eigenvalue weighted by molar-refractivity contribution is -0.118. The predicted molar refractivity (Wildman–Crippen MR) is 143 cm³/mol. The lowest BCUT2D eigenvalue weighted by Gasteiger charge is -2.23. The Kier molecular flexibility index (Phi) is 7.58. The number of rotatable bonds is 7. The van der Waals surface area contributed by atoms with Gasteiger partial charge in [-0.25, -0.2) is 0 Å². The fraction of sp³-hybridized carbons (Fsp3) is 0.133.